The number of halogens is 2. The van der Waals surface area contributed by atoms with Gasteiger partial charge in [0, 0.05) is 11.6 Å². The summed E-state index contributed by atoms with van der Waals surface area (Å²) in [7, 11) is 0. The van der Waals surface area contributed by atoms with Crippen molar-refractivity contribution in [3.8, 4) is 17.6 Å². The Morgan fingerprint density at radius 1 is 1.11 bits per heavy atom. The first-order valence-electron chi connectivity index (χ1n) is 5.37. The topological polar surface area (TPSA) is 9.23 Å². The quantitative estimate of drug-likeness (QED) is 0.762. The Balaban J connectivity index is 1.93. The third-order valence-corrected chi connectivity index (χ3v) is 2.85. The van der Waals surface area contributed by atoms with E-state index in [-0.39, 0.29) is 12.4 Å². The van der Waals surface area contributed by atoms with Gasteiger partial charge >= 0.3 is 0 Å². The zero-order valence-corrected chi connectivity index (χ0v) is 11.1. The van der Waals surface area contributed by atoms with Crippen LogP contribution in [0.25, 0.3) is 0 Å². The Kier molecular flexibility index (Phi) is 4.38. The molecule has 90 valence electrons. The average molecular weight is 305 g/mol. The van der Waals surface area contributed by atoms with E-state index < -0.39 is 0 Å². The molecule has 3 heteroatoms. The summed E-state index contributed by atoms with van der Waals surface area (Å²) in [5.41, 5.74) is 0.933. The van der Waals surface area contributed by atoms with Crippen molar-refractivity contribution in [2.45, 2.75) is 0 Å². The van der Waals surface area contributed by atoms with E-state index in [0.717, 1.165) is 5.56 Å². The predicted octanol–water partition coefficient (Wildman–Crippen LogP) is 4.02. The highest BCUT2D eigenvalue weighted by atomic mass is 79.9. The van der Waals surface area contributed by atoms with Gasteiger partial charge in [0.25, 0.3) is 0 Å². The van der Waals surface area contributed by atoms with Crippen LogP contribution in [0.3, 0.4) is 0 Å². The summed E-state index contributed by atoms with van der Waals surface area (Å²) in [6.07, 6.45) is 0. The van der Waals surface area contributed by atoms with Crippen LogP contribution in [-0.2, 0) is 0 Å². The Morgan fingerprint density at radius 2 is 1.89 bits per heavy atom. The van der Waals surface area contributed by atoms with Crippen LogP contribution < -0.4 is 4.74 Å². The van der Waals surface area contributed by atoms with E-state index in [9.17, 15) is 4.39 Å². The highest BCUT2D eigenvalue weighted by molar-refractivity contribution is 9.10. The monoisotopic (exact) mass is 304 g/mol. The Labute approximate surface area is 114 Å². The maximum atomic E-state index is 13.2. The van der Waals surface area contributed by atoms with E-state index in [2.05, 4.69) is 27.8 Å². The minimum absolute atomic E-state index is 0.232. The van der Waals surface area contributed by atoms with Crippen LogP contribution in [0.15, 0.2) is 53.0 Å². The van der Waals surface area contributed by atoms with Crippen LogP contribution in [0.1, 0.15) is 5.56 Å². The van der Waals surface area contributed by atoms with Gasteiger partial charge in [-0.1, -0.05) is 30.0 Å². The summed E-state index contributed by atoms with van der Waals surface area (Å²) in [5, 5.41) is 0. The largest absolute Gasteiger partial charge is 0.481 e. The first-order chi connectivity index (χ1) is 8.75. The lowest BCUT2D eigenvalue weighted by atomic mass is 10.2. The van der Waals surface area contributed by atoms with Crippen LogP contribution >= 0.6 is 15.9 Å². The second kappa shape index (κ2) is 6.23. The molecular formula is C15H10BrFO. The molecule has 0 N–H and O–H groups in total. The first kappa shape index (κ1) is 12.7. The molecule has 0 aliphatic rings. The van der Waals surface area contributed by atoms with Crippen molar-refractivity contribution in [3.05, 3.63) is 64.4 Å². The van der Waals surface area contributed by atoms with Crippen molar-refractivity contribution in [2.75, 3.05) is 6.61 Å². The van der Waals surface area contributed by atoms with Crippen molar-refractivity contribution in [2.24, 2.45) is 0 Å². The molecule has 0 saturated heterocycles. The molecule has 0 aliphatic carbocycles. The Morgan fingerprint density at radius 3 is 2.61 bits per heavy atom. The molecule has 0 aromatic heterocycles. The standard InChI is InChI=1S/C15H10BrFO/c16-14-9-8-13(11-15(14)17)18-10-4-7-12-5-2-1-3-6-12/h1-3,5-6,8-9,11H,10H2. The van der Waals surface area contributed by atoms with E-state index in [1.807, 2.05) is 30.3 Å². The van der Waals surface area contributed by atoms with Gasteiger partial charge in [-0.05, 0) is 40.2 Å². The van der Waals surface area contributed by atoms with Crippen molar-refractivity contribution in [1.29, 1.82) is 0 Å². The number of ether oxygens (including phenoxy) is 1. The summed E-state index contributed by atoms with van der Waals surface area (Å²) in [5.74, 6) is 5.97. The molecule has 0 spiro atoms. The van der Waals surface area contributed by atoms with Gasteiger partial charge in [-0.25, -0.2) is 4.39 Å². The van der Waals surface area contributed by atoms with Crippen LogP contribution in [0, 0.1) is 17.7 Å². The maximum absolute atomic E-state index is 13.2. The van der Waals surface area contributed by atoms with E-state index in [4.69, 9.17) is 4.74 Å². The number of rotatable bonds is 2. The van der Waals surface area contributed by atoms with E-state index in [1.165, 1.54) is 6.07 Å². The minimum atomic E-state index is -0.344. The van der Waals surface area contributed by atoms with E-state index in [1.54, 1.807) is 12.1 Å². The van der Waals surface area contributed by atoms with Crippen molar-refractivity contribution in [3.63, 3.8) is 0 Å². The first-order valence-corrected chi connectivity index (χ1v) is 6.17. The average Bonchev–Trinajstić information content (AvgIpc) is 2.40. The molecule has 0 saturated carbocycles. The number of hydrogen-bond acceptors (Lipinski definition) is 1. The number of benzene rings is 2. The Bertz CT molecular complexity index is 584. The summed E-state index contributed by atoms with van der Waals surface area (Å²) in [6.45, 7) is 0.232. The predicted molar refractivity (Wildman–Crippen MR) is 72.9 cm³/mol. The van der Waals surface area contributed by atoms with Gasteiger partial charge < -0.3 is 4.74 Å². The molecule has 0 amide bonds. The SMILES string of the molecule is Fc1cc(OCC#Cc2ccccc2)ccc1Br. The fourth-order valence-corrected chi connectivity index (χ4v) is 1.59. The third-order valence-electron chi connectivity index (χ3n) is 2.21. The lowest BCUT2D eigenvalue weighted by Gasteiger charge is -2.02. The molecule has 0 atom stereocenters. The van der Waals surface area contributed by atoms with Gasteiger partial charge in [0.1, 0.15) is 18.2 Å². The van der Waals surface area contributed by atoms with Gasteiger partial charge in [-0.15, -0.1) is 0 Å². The lowest BCUT2D eigenvalue weighted by Crippen LogP contribution is -1.94. The van der Waals surface area contributed by atoms with Gasteiger partial charge in [-0.3, -0.25) is 0 Å². The van der Waals surface area contributed by atoms with Crippen molar-refractivity contribution >= 4 is 15.9 Å². The van der Waals surface area contributed by atoms with E-state index >= 15 is 0 Å². The van der Waals surface area contributed by atoms with Crippen LogP contribution in [0.2, 0.25) is 0 Å². The van der Waals surface area contributed by atoms with Crippen molar-refractivity contribution < 1.29 is 9.13 Å². The third kappa shape index (κ3) is 3.61. The fraction of sp³-hybridized carbons (Fsp3) is 0.0667. The lowest BCUT2D eigenvalue weighted by molar-refractivity contribution is 0.367. The summed E-state index contributed by atoms with van der Waals surface area (Å²) < 4.78 is 18.9. The van der Waals surface area contributed by atoms with Crippen molar-refractivity contribution in [1.82, 2.24) is 0 Å². The normalized spacial score (nSPS) is 9.44. The molecule has 0 radical (unpaired) electrons. The summed E-state index contributed by atoms with van der Waals surface area (Å²) in [6, 6.07) is 14.3. The second-order valence-electron chi connectivity index (χ2n) is 3.53. The second-order valence-corrected chi connectivity index (χ2v) is 4.39. The molecule has 2 rings (SSSR count). The highest BCUT2D eigenvalue weighted by Gasteiger charge is 2.00. The summed E-state index contributed by atoms with van der Waals surface area (Å²) in [4.78, 5) is 0. The zero-order valence-electron chi connectivity index (χ0n) is 9.49. The molecule has 0 bridgehead atoms. The molecule has 0 heterocycles. The van der Waals surface area contributed by atoms with Gasteiger partial charge in [0.05, 0.1) is 4.47 Å². The zero-order chi connectivity index (χ0) is 12.8. The fourth-order valence-electron chi connectivity index (χ4n) is 1.35. The molecule has 2 aromatic carbocycles. The maximum Gasteiger partial charge on any atom is 0.149 e. The molecule has 2 aromatic rings. The van der Waals surface area contributed by atoms with Gasteiger partial charge in [-0.2, -0.15) is 0 Å². The Hall–Kier alpha value is -1.79. The van der Waals surface area contributed by atoms with Gasteiger partial charge in [0.2, 0.25) is 0 Å². The van der Waals surface area contributed by atoms with Crippen LogP contribution in [-0.4, -0.2) is 6.61 Å². The smallest absolute Gasteiger partial charge is 0.149 e. The number of hydrogen-bond donors (Lipinski definition) is 0. The molecule has 0 aliphatic heterocycles. The van der Waals surface area contributed by atoms with Gasteiger partial charge in [0.15, 0.2) is 0 Å². The molecule has 1 nitrogen and oxygen atoms in total. The van der Waals surface area contributed by atoms with Crippen LogP contribution in [0.5, 0.6) is 5.75 Å². The minimum Gasteiger partial charge on any atom is -0.481 e. The highest BCUT2D eigenvalue weighted by Crippen LogP contribution is 2.20. The van der Waals surface area contributed by atoms with Crippen LogP contribution in [0.4, 0.5) is 4.39 Å². The molecular weight excluding hydrogens is 295 g/mol. The molecule has 18 heavy (non-hydrogen) atoms. The van der Waals surface area contributed by atoms with E-state index in [0.29, 0.717) is 10.2 Å². The summed E-state index contributed by atoms with van der Waals surface area (Å²) >= 11 is 3.08. The molecule has 0 fully saturated rings. The molecule has 0 unspecified atom stereocenters.